The third-order valence-electron chi connectivity index (χ3n) is 4.08. The maximum atomic E-state index is 12.9. The second-order valence-corrected chi connectivity index (χ2v) is 7.27. The highest BCUT2D eigenvalue weighted by atomic mass is 35.5. The van der Waals surface area contributed by atoms with E-state index in [9.17, 15) is 22.8 Å². The average molecular weight is 433 g/mol. The number of nitrogens with zero attached hydrogens (tertiary/aromatic N) is 1. The number of rotatable bonds is 4. The number of benzene rings is 2. The zero-order valence-electron chi connectivity index (χ0n) is 14.3. The van der Waals surface area contributed by atoms with E-state index in [1.807, 2.05) is 0 Å². The highest BCUT2D eigenvalue weighted by Crippen LogP contribution is 2.32. The van der Waals surface area contributed by atoms with Gasteiger partial charge in [-0.15, -0.1) is 13.2 Å². The maximum absolute atomic E-state index is 12.9. The van der Waals surface area contributed by atoms with E-state index < -0.39 is 23.8 Å². The van der Waals surface area contributed by atoms with E-state index in [4.69, 9.17) is 23.2 Å². The van der Waals surface area contributed by atoms with E-state index in [-0.39, 0.29) is 27.9 Å². The van der Waals surface area contributed by atoms with Gasteiger partial charge in [-0.3, -0.25) is 4.79 Å². The Labute approximate surface area is 168 Å². The summed E-state index contributed by atoms with van der Waals surface area (Å²) in [6.07, 6.45) is -4.73. The summed E-state index contributed by atoms with van der Waals surface area (Å²) in [6.45, 7) is 1.53. The van der Waals surface area contributed by atoms with Crippen LogP contribution in [0.2, 0.25) is 10.0 Å². The van der Waals surface area contributed by atoms with Crippen LogP contribution in [0, 0.1) is 0 Å². The molecule has 28 heavy (non-hydrogen) atoms. The second kappa shape index (κ2) is 7.18. The Bertz CT molecular complexity index is 914. The van der Waals surface area contributed by atoms with Gasteiger partial charge in [0.15, 0.2) is 0 Å². The summed E-state index contributed by atoms with van der Waals surface area (Å²) in [5, 5.41) is 3.13. The molecule has 1 saturated heterocycles. The van der Waals surface area contributed by atoms with Crippen LogP contribution in [-0.4, -0.2) is 23.8 Å². The topological polar surface area (TPSA) is 58.6 Å². The smallest absolute Gasteiger partial charge is 0.406 e. The molecule has 1 fully saturated rings. The molecule has 2 aromatic carbocycles. The molecule has 1 N–H and O–H groups in total. The fourth-order valence-electron chi connectivity index (χ4n) is 2.92. The van der Waals surface area contributed by atoms with Gasteiger partial charge < -0.3 is 10.1 Å². The van der Waals surface area contributed by atoms with Crippen LogP contribution in [0.3, 0.4) is 0 Å². The van der Waals surface area contributed by atoms with Crippen molar-refractivity contribution < 1.29 is 27.5 Å². The molecule has 0 spiro atoms. The molecule has 1 atom stereocenters. The van der Waals surface area contributed by atoms with Crippen molar-refractivity contribution in [2.75, 3.05) is 4.90 Å². The van der Waals surface area contributed by atoms with Crippen LogP contribution < -0.4 is 15.0 Å². The molecule has 3 amide bonds. The number of alkyl halides is 3. The molecule has 0 radical (unpaired) electrons. The van der Waals surface area contributed by atoms with Crippen molar-refractivity contribution in [2.45, 2.75) is 25.2 Å². The first-order valence-corrected chi connectivity index (χ1v) is 8.70. The third kappa shape index (κ3) is 4.34. The lowest BCUT2D eigenvalue weighted by Gasteiger charge is -2.22. The number of urea groups is 1. The number of halogens is 5. The Balaban J connectivity index is 1.81. The van der Waals surface area contributed by atoms with Crippen LogP contribution in [0.25, 0.3) is 0 Å². The van der Waals surface area contributed by atoms with E-state index in [1.165, 1.54) is 37.3 Å². The molecule has 2 aromatic rings. The molecular weight excluding hydrogens is 420 g/mol. The van der Waals surface area contributed by atoms with Gasteiger partial charge in [-0.25, -0.2) is 9.69 Å². The van der Waals surface area contributed by atoms with Gasteiger partial charge in [-0.05, 0) is 42.8 Å². The lowest BCUT2D eigenvalue weighted by Crippen LogP contribution is -2.46. The van der Waals surface area contributed by atoms with Crippen molar-refractivity contribution in [2.24, 2.45) is 0 Å². The van der Waals surface area contributed by atoms with Gasteiger partial charge in [-0.1, -0.05) is 35.3 Å². The average Bonchev–Trinajstić information content (AvgIpc) is 2.76. The van der Waals surface area contributed by atoms with Crippen molar-refractivity contribution >= 4 is 40.8 Å². The Morgan fingerprint density at radius 1 is 1.07 bits per heavy atom. The number of carbonyl (C=O) groups is 2. The lowest BCUT2D eigenvalue weighted by atomic mass is 9.92. The molecule has 0 bridgehead atoms. The normalized spacial score (nSPS) is 19.7. The quantitative estimate of drug-likeness (QED) is 0.695. The van der Waals surface area contributed by atoms with E-state index in [2.05, 4.69) is 10.1 Å². The van der Waals surface area contributed by atoms with Gasteiger partial charge in [0.1, 0.15) is 11.3 Å². The molecule has 3 rings (SSSR count). The predicted molar refractivity (Wildman–Crippen MR) is 97.7 cm³/mol. The highest BCUT2D eigenvalue weighted by molar-refractivity contribution is 6.35. The maximum Gasteiger partial charge on any atom is 0.573 e. The van der Waals surface area contributed by atoms with Gasteiger partial charge in [-0.2, -0.15) is 0 Å². The number of anilines is 1. The monoisotopic (exact) mass is 432 g/mol. The van der Waals surface area contributed by atoms with E-state index in [0.717, 1.165) is 17.0 Å². The lowest BCUT2D eigenvalue weighted by molar-refractivity contribution is -0.274. The summed E-state index contributed by atoms with van der Waals surface area (Å²) in [5.74, 6) is -0.912. The van der Waals surface area contributed by atoms with Crippen LogP contribution in [0.5, 0.6) is 5.75 Å². The summed E-state index contributed by atoms with van der Waals surface area (Å²) in [4.78, 5) is 26.2. The summed E-state index contributed by atoms with van der Waals surface area (Å²) in [5.41, 5.74) is -0.535. The molecule has 1 aliphatic heterocycles. The minimum atomic E-state index is -4.79. The van der Waals surface area contributed by atoms with E-state index in [1.54, 1.807) is 0 Å². The summed E-state index contributed by atoms with van der Waals surface area (Å²) < 4.78 is 40.6. The highest BCUT2D eigenvalue weighted by Gasteiger charge is 2.48. The third-order valence-corrected chi connectivity index (χ3v) is 4.52. The molecule has 148 valence electrons. The summed E-state index contributed by atoms with van der Waals surface area (Å²) in [7, 11) is 0. The largest absolute Gasteiger partial charge is 0.573 e. The van der Waals surface area contributed by atoms with E-state index >= 15 is 0 Å². The van der Waals surface area contributed by atoms with Gasteiger partial charge in [0.2, 0.25) is 0 Å². The molecule has 0 saturated carbocycles. The van der Waals surface area contributed by atoms with Crippen LogP contribution in [0.4, 0.5) is 23.7 Å². The number of carbonyl (C=O) groups excluding carboxylic acids is 2. The van der Waals surface area contributed by atoms with Crippen LogP contribution in [0.1, 0.15) is 12.5 Å². The van der Waals surface area contributed by atoms with Crippen molar-refractivity contribution in [1.29, 1.82) is 0 Å². The van der Waals surface area contributed by atoms with Crippen molar-refractivity contribution in [1.82, 2.24) is 5.32 Å². The number of hydrogen-bond donors (Lipinski definition) is 1. The summed E-state index contributed by atoms with van der Waals surface area (Å²) >= 11 is 11.9. The Morgan fingerprint density at radius 2 is 1.64 bits per heavy atom. The fourth-order valence-corrected chi connectivity index (χ4v) is 3.44. The Kier molecular flexibility index (Phi) is 5.20. The molecule has 5 nitrogen and oxygen atoms in total. The number of amides is 3. The molecule has 0 aromatic heterocycles. The number of nitrogens with one attached hydrogen (secondary N) is 1. The van der Waals surface area contributed by atoms with E-state index in [0.29, 0.717) is 5.56 Å². The van der Waals surface area contributed by atoms with Crippen molar-refractivity contribution in [3.63, 3.8) is 0 Å². The predicted octanol–water partition coefficient (Wildman–Crippen LogP) is 4.95. The molecule has 1 aliphatic rings. The Morgan fingerprint density at radius 3 is 2.18 bits per heavy atom. The number of imide groups is 1. The molecule has 1 unspecified atom stereocenters. The first-order chi connectivity index (χ1) is 13.0. The minimum absolute atomic E-state index is 0.0642. The minimum Gasteiger partial charge on any atom is -0.406 e. The van der Waals surface area contributed by atoms with Gasteiger partial charge in [0.05, 0.1) is 5.69 Å². The molecule has 10 heteroatoms. The first-order valence-electron chi connectivity index (χ1n) is 7.94. The zero-order valence-corrected chi connectivity index (χ0v) is 15.8. The fraction of sp³-hybridized carbons (Fsp3) is 0.222. The van der Waals surface area contributed by atoms with Crippen molar-refractivity contribution in [3.05, 3.63) is 58.1 Å². The Hall–Kier alpha value is -2.45. The molecule has 1 heterocycles. The van der Waals surface area contributed by atoms with Crippen LogP contribution in [-0.2, 0) is 11.2 Å². The first kappa shape index (κ1) is 20.3. The second-order valence-electron chi connectivity index (χ2n) is 6.40. The molecular formula is C18H13Cl2F3N2O3. The number of hydrogen-bond acceptors (Lipinski definition) is 3. The van der Waals surface area contributed by atoms with Crippen LogP contribution in [0.15, 0.2) is 42.5 Å². The number of ether oxygens (including phenoxy) is 1. The van der Waals surface area contributed by atoms with Gasteiger partial charge in [0, 0.05) is 16.5 Å². The SMILES string of the molecule is CC1(Cc2ccc(OC(F)(F)F)cc2)NC(=O)N(c2cc(Cl)cc(Cl)c2)C1=O. The van der Waals surface area contributed by atoms with Gasteiger partial charge in [0.25, 0.3) is 5.91 Å². The molecule has 0 aliphatic carbocycles. The zero-order chi connectivity index (χ0) is 20.7. The van der Waals surface area contributed by atoms with Crippen LogP contribution >= 0.6 is 23.2 Å². The van der Waals surface area contributed by atoms with Crippen molar-refractivity contribution in [3.8, 4) is 5.75 Å². The summed E-state index contributed by atoms with van der Waals surface area (Å²) in [6, 6.07) is 8.75. The van der Waals surface area contributed by atoms with Gasteiger partial charge >= 0.3 is 12.4 Å². The standard InChI is InChI=1S/C18H13Cl2F3N2O3/c1-17(9-10-2-4-14(5-3-10)28-18(21,22)23)15(26)25(16(27)24-17)13-7-11(19)6-12(20)8-13/h2-8H,9H2,1H3,(H,24,27).